The number of hydrogen-bond donors (Lipinski definition) is 1. The van der Waals surface area contributed by atoms with Gasteiger partial charge in [0.15, 0.2) is 0 Å². The molecule has 0 unspecified atom stereocenters. The maximum atomic E-state index is 13.8. The van der Waals surface area contributed by atoms with E-state index < -0.39 is 5.82 Å². The van der Waals surface area contributed by atoms with Gasteiger partial charge in [-0.3, -0.25) is 9.80 Å². The lowest BCUT2D eigenvalue weighted by atomic mass is 10.2. The van der Waals surface area contributed by atoms with E-state index in [1.165, 1.54) is 12.1 Å². The number of aryl methyl sites for hydroxylation is 1. The van der Waals surface area contributed by atoms with Crippen molar-refractivity contribution in [2.45, 2.75) is 20.4 Å². The zero-order chi connectivity index (χ0) is 22.4. The van der Waals surface area contributed by atoms with Crippen LogP contribution in [0, 0.1) is 24.2 Å². The van der Waals surface area contributed by atoms with E-state index in [0.29, 0.717) is 11.6 Å². The molecule has 1 aromatic heterocycles. The highest BCUT2D eigenvalue weighted by atomic mass is 35.5. The van der Waals surface area contributed by atoms with Crippen LogP contribution in [0.5, 0.6) is 0 Å². The summed E-state index contributed by atoms with van der Waals surface area (Å²) in [5.41, 5.74) is 2.12. The van der Waals surface area contributed by atoms with Crippen molar-refractivity contribution in [3.63, 3.8) is 0 Å². The number of nitrogens with zero attached hydrogens (tertiary/aromatic N) is 7. The minimum atomic E-state index is -0.567. The van der Waals surface area contributed by atoms with Crippen molar-refractivity contribution in [3.05, 3.63) is 46.5 Å². The minimum absolute atomic E-state index is 0.0177. The van der Waals surface area contributed by atoms with Crippen LogP contribution in [0.2, 0.25) is 5.02 Å². The van der Waals surface area contributed by atoms with Crippen LogP contribution in [0.4, 0.5) is 16.0 Å². The van der Waals surface area contributed by atoms with Gasteiger partial charge >= 0.3 is 0 Å². The highest BCUT2D eigenvalue weighted by Gasteiger charge is 2.18. The second-order valence-electron chi connectivity index (χ2n) is 7.36. The molecule has 0 amide bonds. The van der Waals surface area contributed by atoms with Crippen LogP contribution in [0.3, 0.4) is 0 Å². The van der Waals surface area contributed by atoms with E-state index in [1.807, 2.05) is 13.0 Å². The maximum absolute atomic E-state index is 13.8. The summed E-state index contributed by atoms with van der Waals surface area (Å²) in [7, 11) is 1.70. The number of nitrogens with one attached hydrogen (secondary N) is 1. The maximum Gasteiger partial charge on any atom is 0.232 e. The summed E-state index contributed by atoms with van der Waals surface area (Å²) < 4.78 is 13.8. The smallest absolute Gasteiger partial charge is 0.232 e. The second kappa shape index (κ2) is 10.5. The molecular weight excluding hydrogens is 419 g/mol. The Hall–Kier alpha value is -2.80. The molecule has 1 fully saturated rings. The van der Waals surface area contributed by atoms with Crippen molar-refractivity contribution in [1.82, 2.24) is 19.8 Å². The number of piperazine rings is 1. The highest BCUT2D eigenvalue weighted by Crippen LogP contribution is 2.20. The molecule has 164 valence electrons. The molecule has 8 nitrogen and oxygen atoms in total. The van der Waals surface area contributed by atoms with Crippen molar-refractivity contribution in [2.24, 2.45) is 4.99 Å². The third-order valence-corrected chi connectivity index (χ3v) is 5.45. The van der Waals surface area contributed by atoms with Crippen LogP contribution in [0.1, 0.15) is 18.3 Å². The number of nitriles is 1. The number of benzene rings is 1. The normalized spacial score (nSPS) is 15.5. The quantitative estimate of drug-likeness (QED) is 0.431. The van der Waals surface area contributed by atoms with Gasteiger partial charge < -0.3 is 10.2 Å². The molecule has 1 aliphatic heterocycles. The largest absolute Gasteiger partial charge is 0.325 e. The molecule has 0 spiro atoms. The summed E-state index contributed by atoms with van der Waals surface area (Å²) in [6, 6.07) is 6.24. The Morgan fingerprint density at radius 2 is 1.97 bits per heavy atom. The van der Waals surface area contributed by atoms with Gasteiger partial charge in [-0.2, -0.15) is 5.26 Å². The molecule has 1 saturated heterocycles. The molecule has 1 aliphatic rings. The van der Waals surface area contributed by atoms with E-state index in [4.69, 9.17) is 16.9 Å². The Kier molecular flexibility index (Phi) is 7.74. The van der Waals surface area contributed by atoms with Crippen LogP contribution in [0.15, 0.2) is 29.3 Å². The number of likely N-dealkylation sites (N-methyl/N-ethyl adjacent to an activating group) is 1. The first-order valence-electron chi connectivity index (χ1n) is 10.1. The van der Waals surface area contributed by atoms with Gasteiger partial charge in [0.2, 0.25) is 18.1 Å². The van der Waals surface area contributed by atoms with Crippen LogP contribution < -0.4 is 10.2 Å². The summed E-state index contributed by atoms with van der Waals surface area (Å²) in [6.45, 7) is 9.96. The molecule has 3 rings (SSSR count). The van der Waals surface area contributed by atoms with Crippen molar-refractivity contribution in [1.29, 1.82) is 5.26 Å². The molecule has 0 aliphatic carbocycles. The molecule has 0 atom stereocenters. The Bertz CT molecular complexity index is 982. The van der Waals surface area contributed by atoms with E-state index in [1.54, 1.807) is 24.2 Å². The fourth-order valence-corrected chi connectivity index (χ4v) is 3.49. The van der Waals surface area contributed by atoms with E-state index in [-0.39, 0.29) is 11.0 Å². The Labute approximate surface area is 187 Å². The first-order chi connectivity index (χ1) is 14.9. The van der Waals surface area contributed by atoms with Crippen LogP contribution in [0.25, 0.3) is 0 Å². The van der Waals surface area contributed by atoms with Crippen molar-refractivity contribution < 1.29 is 4.39 Å². The first kappa shape index (κ1) is 22.9. The van der Waals surface area contributed by atoms with E-state index in [0.717, 1.165) is 50.7 Å². The molecule has 0 bridgehead atoms. The summed E-state index contributed by atoms with van der Waals surface area (Å²) in [4.78, 5) is 19.4. The van der Waals surface area contributed by atoms with E-state index in [2.05, 4.69) is 37.0 Å². The molecule has 31 heavy (non-hydrogen) atoms. The molecule has 0 radical (unpaired) electrons. The zero-order valence-corrected chi connectivity index (χ0v) is 18.7. The monoisotopic (exact) mass is 444 g/mol. The third kappa shape index (κ3) is 6.10. The number of halogens is 2. The summed E-state index contributed by atoms with van der Waals surface area (Å²) >= 11 is 5.75. The van der Waals surface area contributed by atoms with Crippen LogP contribution in [-0.2, 0) is 6.54 Å². The molecule has 10 heteroatoms. The van der Waals surface area contributed by atoms with Gasteiger partial charge in [-0.15, -0.1) is 4.99 Å². The summed E-state index contributed by atoms with van der Waals surface area (Å²) in [5, 5.41) is 12.1. The predicted octanol–water partition coefficient (Wildman–Crippen LogP) is 3.10. The zero-order valence-electron chi connectivity index (χ0n) is 17.9. The van der Waals surface area contributed by atoms with Crippen molar-refractivity contribution in [2.75, 3.05) is 50.0 Å². The molecular formula is C21H26ClFN8. The second-order valence-corrected chi connectivity index (χ2v) is 7.77. The van der Waals surface area contributed by atoms with Gasteiger partial charge in [0.05, 0.1) is 10.7 Å². The minimum Gasteiger partial charge on any atom is -0.325 e. The average molecular weight is 445 g/mol. The number of anilines is 2. The lowest BCUT2D eigenvalue weighted by Gasteiger charge is -2.33. The van der Waals surface area contributed by atoms with Crippen LogP contribution in [-0.4, -0.2) is 65.5 Å². The summed E-state index contributed by atoms with van der Waals surface area (Å²) in [6.07, 6.45) is 1.76. The van der Waals surface area contributed by atoms with Gasteiger partial charge in [-0.1, -0.05) is 18.5 Å². The van der Waals surface area contributed by atoms with E-state index >= 15 is 0 Å². The molecule has 2 aromatic rings. The number of guanidine groups is 1. The van der Waals surface area contributed by atoms with Gasteiger partial charge in [0.1, 0.15) is 5.82 Å². The average Bonchev–Trinajstić information content (AvgIpc) is 2.75. The summed E-state index contributed by atoms with van der Waals surface area (Å²) in [5.74, 6) is 0.0124. The number of aromatic nitrogens is 2. The molecule has 1 N–H and O–H groups in total. The highest BCUT2D eigenvalue weighted by molar-refractivity contribution is 6.30. The van der Waals surface area contributed by atoms with Gasteiger partial charge in [-0.05, 0) is 37.7 Å². The number of aliphatic imine (C=N–C) groups is 1. The van der Waals surface area contributed by atoms with E-state index in [9.17, 15) is 4.39 Å². The molecule has 1 aromatic carbocycles. The molecule has 2 heterocycles. The van der Waals surface area contributed by atoms with Gasteiger partial charge in [-0.25, -0.2) is 14.4 Å². The number of hydrogen-bond acceptors (Lipinski definition) is 6. The SMILES string of the molecule is CCN1CCN(Cc2cc(C)nc(N(C)/C(=N\C#N)Nc3ccc(Cl)c(F)c3)n2)CC1. The fourth-order valence-electron chi connectivity index (χ4n) is 3.37. The molecule has 0 saturated carbocycles. The van der Waals surface area contributed by atoms with Gasteiger partial charge in [0.25, 0.3) is 0 Å². The lowest BCUT2D eigenvalue weighted by Crippen LogP contribution is -2.45. The lowest BCUT2D eigenvalue weighted by molar-refractivity contribution is 0.131. The Morgan fingerprint density at radius 3 is 2.61 bits per heavy atom. The Balaban J connectivity index is 1.77. The predicted molar refractivity (Wildman–Crippen MR) is 121 cm³/mol. The van der Waals surface area contributed by atoms with Crippen LogP contribution >= 0.6 is 11.6 Å². The third-order valence-electron chi connectivity index (χ3n) is 5.14. The first-order valence-corrected chi connectivity index (χ1v) is 10.5. The van der Waals surface area contributed by atoms with Crippen molar-refractivity contribution >= 4 is 29.2 Å². The number of rotatable bonds is 5. The van der Waals surface area contributed by atoms with Gasteiger partial charge in [0, 0.05) is 51.2 Å². The van der Waals surface area contributed by atoms with Crippen molar-refractivity contribution in [3.8, 4) is 6.19 Å². The fraction of sp³-hybridized carbons (Fsp3) is 0.429. The topological polar surface area (TPSA) is 83.7 Å². The Morgan fingerprint density at radius 1 is 1.26 bits per heavy atom. The standard InChI is InChI=1S/C21H26ClFN8/c1-4-30-7-9-31(10-8-30)13-17-11-15(2)26-21(28-17)29(3)20(25-14-24)27-16-5-6-18(22)19(23)12-16/h5-6,11-12H,4,7-10,13H2,1-3H3,(H,25,27).